The maximum absolute atomic E-state index is 10.2. The fourth-order valence-electron chi connectivity index (χ4n) is 0.249. The van der Waals surface area contributed by atoms with Gasteiger partial charge in [-0.25, -0.2) is 0 Å². The number of hydrogen-bond acceptors (Lipinski definition) is 2. The summed E-state index contributed by atoms with van der Waals surface area (Å²) in [6, 6.07) is 0. The molecule has 0 aromatic heterocycles. The molecule has 0 heterocycles. The van der Waals surface area contributed by atoms with Crippen LogP contribution >= 0.6 is 0 Å². The fourth-order valence-corrected chi connectivity index (χ4v) is 0.249. The largest absolute Gasteiger partial charge is 0.358 e. The highest BCUT2D eigenvalue weighted by atomic mass is 16.1. The van der Waals surface area contributed by atoms with E-state index in [4.69, 9.17) is 0 Å². The summed E-state index contributed by atoms with van der Waals surface area (Å²) in [7, 11) is 3.34. The van der Waals surface area contributed by atoms with Crippen LogP contribution in [0.1, 0.15) is 34.1 Å². The number of carbonyl (C=O) groups excluding carboxylic acids is 1. The Morgan fingerprint density at radius 1 is 1.17 bits per heavy atom. The number of likely N-dealkylation sites (N-methyl/N-ethyl adjacent to an activating group) is 2. The standard InChI is InChI=1S/C4H10N2O.C3H8.C2H6/c1-5-3-4(7)6-2;1-3-2;1-2/h5H,3H2,1-2H3,(H,6,7);3H2,1-2H3;1-2H3. The van der Waals surface area contributed by atoms with Gasteiger partial charge >= 0.3 is 0 Å². The molecular weight excluding hydrogens is 152 g/mol. The fraction of sp³-hybridized carbons (Fsp3) is 0.889. The molecule has 0 bridgehead atoms. The minimum absolute atomic E-state index is 0.0162. The number of nitrogens with one attached hydrogen (secondary N) is 2. The average molecular weight is 176 g/mol. The molecule has 0 aromatic rings. The van der Waals surface area contributed by atoms with E-state index in [-0.39, 0.29) is 5.91 Å². The molecule has 2 N–H and O–H groups in total. The van der Waals surface area contributed by atoms with E-state index in [0.29, 0.717) is 6.54 Å². The molecule has 0 saturated carbocycles. The SMILES string of the molecule is CC.CCC.CNCC(=O)NC. The van der Waals surface area contributed by atoms with Crippen LogP contribution in [0.4, 0.5) is 0 Å². The Bertz CT molecular complexity index is 74.9. The third-order valence-electron chi connectivity index (χ3n) is 0.616. The second-order valence-electron chi connectivity index (χ2n) is 1.91. The highest BCUT2D eigenvalue weighted by Crippen LogP contribution is 1.56. The van der Waals surface area contributed by atoms with Crippen molar-refractivity contribution in [1.29, 1.82) is 0 Å². The lowest BCUT2D eigenvalue weighted by atomic mass is 10.6. The summed E-state index contributed by atoms with van der Waals surface area (Å²) < 4.78 is 0. The van der Waals surface area contributed by atoms with E-state index in [1.807, 2.05) is 13.8 Å². The molecule has 0 rings (SSSR count). The maximum Gasteiger partial charge on any atom is 0.233 e. The van der Waals surface area contributed by atoms with Gasteiger partial charge in [0.15, 0.2) is 0 Å². The van der Waals surface area contributed by atoms with Crippen molar-refractivity contribution in [2.24, 2.45) is 0 Å². The maximum atomic E-state index is 10.2. The number of hydrogen-bond donors (Lipinski definition) is 2. The van der Waals surface area contributed by atoms with E-state index in [2.05, 4.69) is 24.5 Å². The van der Waals surface area contributed by atoms with Crippen molar-refractivity contribution in [3.63, 3.8) is 0 Å². The van der Waals surface area contributed by atoms with Crippen molar-refractivity contribution in [2.75, 3.05) is 20.6 Å². The van der Waals surface area contributed by atoms with Gasteiger partial charge in [0.25, 0.3) is 0 Å². The topological polar surface area (TPSA) is 41.1 Å². The molecule has 0 aromatic carbocycles. The molecule has 76 valence electrons. The average Bonchev–Trinajstić information content (AvgIpc) is 2.10. The van der Waals surface area contributed by atoms with E-state index >= 15 is 0 Å². The number of amides is 1. The first-order valence-corrected chi connectivity index (χ1v) is 4.58. The van der Waals surface area contributed by atoms with Crippen LogP contribution in [0.3, 0.4) is 0 Å². The molecule has 3 heteroatoms. The summed E-state index contributed by atoms with van der Waals surface area (Å²) in [5.74, 6) is 0.0162. The van der Waals surface area contributed by atoms with Gasteiger partial charge in [0, 0.05) is 7.05 Å². The van der Waals surface area contributed by atoms with Crippen molar-refractivity contribution < 1.29 is 4.79 Å². The quantitative estimate of drug-likeness (QED) is 0.667. The lowest BCUT2D eigenvalue weighted by Crippen LogP contribution is -2.28. The molecule has 0 fully saturated rings. The molecule has 0 radical (unpaired) electrons. The lowest BCUT2D eigenvalue weighted by Gasteiger charge is -1.93. The van der Waals surface area contributed by atoms with Crippen molar-refractivity contribution >= 4 is 5.91 Å². The van der Waals surface area contributed by atoms with E-state index in [0.717, 1.165) is 0 Å². The van der Waals surface area contributed by atoms with E-state index in [1.165, 1.54) is 6.42 Å². The zero-order valence-corrected chi connectivity index (χ0v) is 9.32. The Morgan fingerprint density at radius 2 is 1.50 bits per heavy atom. The summed E-state index contributed by atoms with van der Waals surface area (Å²) in [6.07, 6.45) is 1.25. The second-order valence-corrected chi connectivity index (χ2v) is 1.91. The Balaban J connectivity index is -0.000000137. The first-order chi connectivity index (χ1) is 5.72. The Hall–Kier alpha value is -0.570. The van der Waals surface area contributed by atoms with E-state index < -0.39 is 0 Å². The van der Waals surface area contributed by atoms with Gasteiger partial charge in [-0.15, -0.1) is 0 Å². The molecule has 0 unspecified atom stereocenters. The molecule has 0 aliphatic carbocycles. The normalized spacial score (nSPS) is 6.83. The molecule has 0 saturated heterocycles. The van der Waals surface area contributed by atoms with Crippen molar-refractivity contribution in [3.8, 4) is 0 Å². The third-order valence-corrected chi connectivity index (χ3v) is 0.616. The van der Waals surface area contributed by atoms with Crippen molar-refractivity contribution in [1.82, 2.24) is 10.6 Å². The molecule has 0 aliphatic rings. The van der Waals surface area contributed by atoms with Crippen LogP contribution in [0.5, 0.6) is 0 Å². The summed E-state index contributed by atoms with van der Waals surface area (Å²) in [6.45, 7) is 8.65. The van der Waals surface area contributed by atoms with Crippen molar-refractivity contribution in [2.45, 2.75) is 34.1 Å². The zero-order chi connectivity index (χ0) is 10.4. The molecule has 12 heavy (non-hydrogen) atoms. The van der Waals surface area contributed by atoms with Crippen LogP contribution in [0.15, 0.2) is 0 Å². The van der Waals surface area contributed by atoms with Gasteiger partial charge in [-0.2, -0.15) is 0 Å². The lowest BCUT2D eigenvalue weighted by molar-refractivity contribution is -0.119. The van der Waals surface area contributed by atoms with Gasteiger partial charge in [-0.3, -0.25) is 4.79 Å². The Labute approximate surface area is 76.9 Å². The number of carbonyl (C=O) groups is 1. The predicted octanol–water partition coefficient (Wildman–Crippen LogP) is 1.39. The van der Waals surface area contributed by atoms with Gasteiger partial charge < -0.3 is 10.6 Å². The van der Waals surface area contributed by atoms with Gasteiger partial charge in [0.1, 0.15) is 0 Å². The smallest absolute Gasteiger partial charge is 0.233 e. The number of rotatable bonds is 2. The molecule has 0 aliphatic heterocycles. The molecule has 3 nitrogen and oxygen atoms in total. The van der Waals surface area contributed by atoms with Crippen LogP contribution in [0.2, 0.25) is 0 Å². The second kappa shape index (κ2) is 22.4. The first-order valence-electron chi connectivity index (χ1n) is 4.58. The van der Waals surface area contributed by atoms with E-state index in [1.54, 1.807) is 14.1 Å². The van der Waals surface area contributed by atoms with Gasteiger partial charge in [0.2, 0.25) is 5.91 Å². The van der Waals surface area contributed by atoms with E-state index in [9.17, 15) is 4.79 Å². The summed E-state index contributed by atoms with van der Waals surface area (Å²) in [4.78, 5) is 10.2. The highest BCUT2D eigenvalue weighted by Gasteiger charge is 1.88. The van der Waals surface area contributed by atoms with Gasteiger partial charge in [0.05, 0.1) is 6.54 Å². The van der Waals surface area contributed by atoms with Crippen LogP contribution in [-0.2, 0) is 4.79 Å². The summed E-state index contributed by atoms with van der Waals surface area (Å²) in [5.41, 5.74) is 0. The highest BCUT2D eigenvalue weighted by molar-refractivity contribution is 5.77. The van der Waals surface area contributed by atoms with Gasteiger partial charge in [-0.05, 0) is 7.05 Å². The van der Waals surface area contributed by atoms with Crippen LogP contribution in [0, 0.1) is 0 Å². The predicted molar refractivity (Wildman–Crippen MR) is 55.3 cm³/mol. The minimum Gasteiger partial charge on any atom is -0.358 e. The third kappa shape index (κ3) is 34.1. The minimum atomic E-state index is 0.0162. The zero-order valence-electron chi connectivity index (χ0n) is 9.32. The summed E-state index contributed by atoms with van der Waals surface area (Å²) >= 11 is 0. The van der Waals surface area contributed by atoms with Gasteiger partial charge in [-0.1, -0.05) is 34.1 Å². The van der Waals surface area contributed by atoms with Crippen LogP contribution in [0.25, 0.3) is 0 Å². The molecule has 1 amide bonds. The Morgan fingerprint density at radius 3 is 1.58 bits per heavy atom. The van der Waals surface area contributed by atoms with Crippen LogP contribution in [-0.4, -0.2) is 26.5 Å². The Kier molecular flexibility index (Phi) is 32.7. The molecule has 0 spiro atoms. The molecule has 0 atom stereocenters. The monoisotopic (exact) mass is 176 g/mol. The van der Waals surface area contributed by atoms with Crippen LogP contribution < -0.4 is 10.6 Å². The molecular formula is C9H24N2O. The summed E-state index contributed by atoms with van der Waals surface area (Å²) in [5, 5.41) is 5.17. The first kappa shape index (κ1) is 17.5. The van der Waals surface area contributed by atoms with Crippen molar-refractivity contribution in [3.05, 3.63) is 0 Å².